The molecule has 1 N–H and O–H groups in total. The molecule has 6 heteroatoms. The van der Waals surface area contributed by atoms with Gasteiger partial charge in [0.1, 0.15) is 5.69 Å². The number of hydrogen-bond acceptors (Lipinski definition) is 3. The van der Waals surface area contributed by atoms with Crippen molar-refractivity contribution in [3.8, 4) is 0 Å². The van der Waals surface area contributed by atoms with Crippen LogP contribution >= 0.6 is 11.6 Å². The molecule has 98 valence electrons. The molecule has 0 heterocycles. The summed E-state index contributed by atoms with van der Waals surface area (Å²) in [5, 5.41) is 13.4. The summed E-state index contributed by atoms with van der Waals surface area (Å²) < 4.78 is 0. The van der Waals surface area contributed by atoms with Gasteiger partial charge >= 0.3 is 0 Å². The van der Waals surface area contributed by atoms with E-state index in [2.05, 4.69) is 5.32 Å². The molecule has 0 aliphatic rings. The van der Waals surface area contributed by atoms with E-state index in [1.807, 2.05) is 0 Å². The maximum Gasteiger partial charge on any atom is 0.293 e. The maximum absolute atomic E-state index is 11.6. The molecule has 1 aromatic carbocycles. The maximum atomic E-state index is 11.6. The quantitative estimate of drug-likeness (QED) is 0.373. The van der Waals surface area contributed by atoms with Gasteiger partial charge in [-0.2, -0.15) is 0 Å². The Morgan fingerprint density at radius 1 is 1.44 bits per heavy atom. The van der Waals surface area contributed by atoms with Crippen molar-refractivity contribution in [2.24, 2.45) is 0 Å². The van der Waals surface area contributed by atoms with E-state index in [-0.39, 0.29) is 17.3 Å². The lowest BCUT2D eigenvalue weighted by Crippen LogP contribution is -2.12. The van der Waals surface area contributed by atoms with Gasteiger partial charge in [-0.25, -0.2) is 0 Å². The molecule has 1 aromatic rings. The first-order chi connectivity index (χ1) is 8.54. The van der Waals surface area contributed by atoms with E-state index in [9.17, 15) is 14.9 Å². The number of aryl methyl sites for hydroxylation is 1. The van der Waals surface area contributed by atoms with Crippen LogP contribution in [0.15, 0.2) is 18.2 Å². The third-order valence-electron chi connectivity index (χ3n) is 2.41. The molecule has 0 bridgehead atoms. The molecular weight excluding hydrogens is 256 g/mol. The number of nitro groups is 1. The lowest BCUT2D eigenvalue weighted by Gasteiger charge is -2.06. The first-order valence-corrected chi connectivity index (χ1v) is 6.19. The summed E-state index contributed by atoms with van der Waals surface area (Å²) in [5.41, 5.74) is 0.934. The first kappa shape index (κ1) is 14.4. The molecule has 0 saturated carbocycles. The lowest BCUT2D eigenvalue weighted by atomic mass is 10.2. The van der Waals surface area contributed by atoms with Crippen molar-refractivity contribution in [2.75, 3.05) is 11.2 Å². The Hall–Kier alpha value is -1.62. The zero-order valence-electron chi connectivity index (χ0n) is 10.1. The number of alkyl halides is 1. The molecule has 0 spiro atoms. The van der Waals surface area contributed by atoms with Crippen molar-refractivity contribution < 1.29 is 9.72 Å². The Balaban J connectivity index is 2.72. The molecule has 18 heavy (non-hydrogen) atoms. The molecule has 0 fully saturated rings. The highest BCUT2D eigenvalue weighted by atomic mass is 35.5. The molecule has 0 aromatic heterocycles. The highest BCUT2D eigenvalue weighted by molar-refractivity contribution is 6.17. The molecule has 1 amide bonds. The number of nitro benzene ring substituents is 1. The number of nitrogens with one attached hydrogen (secondary N) is 1. The van der Waals surface area contributed by atoms with Crippen LogP contribution in [0.25, 0.3) is 0 Å². The summed E-state index contributed by atoms with van der Waals surface area (Å²) in [6.45, 7) is 1.76. The molecule has 0 aliphatic heterocycles. The van der Waals surface area contributed by atoms with Gasteiger partial charge in [0.2, 0.25) is 5.91 Å². The van der Waals surface area contributed by atoms with E-state index >= 15 is 0 Å². The van der Waals surface area contributed by atoms with Crippen LogP contribution < -0.4 is 5.32 Å². The summed E-state index contributed by atoms with van der Waals surface area (Å²) in [6, 6.07) is 4.71. The van der Waals surface area contributed by atoms with Gasteiger partial charge in [0.15, 0.2) is 0 Å². The number of anilines is 1. The van der Waals surface area contributed by atoms with Crippen LogP contribution in [0.1, 0.15) is 24.8 Å². The van der Waals surface area contributed by atoms with Gasteiger partial charge in [0.05, 0.1) is 4.92 Å². The molecule has 1 rings (SSSR count). The molecule has 0 unspecified atom stereocenters. The van der Waals surface area contributed by atoms with E-state index in [0.717, 1.165) is 12.0 Å². The van der Waals surface area contributed by atoms with Gasteiger partial charge in [-0.1, -0.05) is 6.07 Å². The van der Waals surface area contributed by atoms with Crippen molar-refractivity contribution in [3.05, 3.63) is 33.9 Å². The second-order valence-corrected chi connectivity index (χ2v) is 4.35. The van der Waals surface area contributed by atoms with Gasteiger partial charge < -0.3 is 5.32 Å². The predicted octanol–water partition coefficient (Wildman–Crippen LogP) is 3.25. The van der Waals surface area contributed by atoms with Gasteiger partial charge in [0.25, 0.3) is 5.69 Å². The second-order valence-electron chi connectivity index (χ2n) is 3.97. The standard InChI is InChI=1S/C12H15ClN2O3/c1-9-5-6-10(11(8-9)15(17)18)14-12(16)4-2-3-7-13/h5-6,8H,2-4,7H2,1H3,(H,14,16). The van der Waals surface area contributed by atoms with Crippen molar-refractivity contribution >= 4 is 28.9 Å². The highest BCUT2D eigenvalue weighted by Gasteiger charge is 2.15. The van der Waals surface area contributed by atoms with E-state index in [0.29, 0.717) is 18.7 Å². The SMILES string of the molecule is Cc1ccc(NC(=O)CCCCCl)c([N+](=O)[O-])c1. The van der Waals surface area contributed by atoms with Crippen LogP contribution in [0, 0.1) is 17.0 Å². The molecule has 0 radical (unpaired) electrons. The van der Waals surface area contributed by atoms with Crippen LogP contribution in [0.2, 0.25) is 0 Å². The number of halogens is 1. The average Bonchev–Trinajstić information content (AvgIpc) is 2.31. The van der Waals surface area contributed by atoms with E-state index in [4.69, 9.17) is 11.6 Å². The number of amides is 1. The first-order valence-electron chi connectivity index (χ1n) is 5.65. The van der Waals surface area contributed by atoms with Crippen LogP contribution in [-0.4, -0.2) is 16.7 Å². The second kappa shape index (κ2) is 6.96. The van der Waals surface area contributed by atoms with E-state index in [1.165, 1.54) is 6.07 Å². The third-order valence-corrected chi connectivity index (χ3v) is 2.68. The molecule has 0 aliphatic carbocycles. The number of unbranched alkanes of at least 4 members (excludes halogenated alkanes) is 1. The highest BCUT2D eigenvalue weighted by Crippen LogP contribution is 2.25. The lowest BCUT2D eigenvalue weighted by molar-refractivity contribution is -0.384. The fourth-order valence-electron chi connectivity index (χ4n) is 1.49. The normalized spacial score (nSPS) is 10.1. The van der Waals surface area contributed by atoms with Crippen LogP contribution in [0.3, 0.4) is 0 Å². The Morgan fingerprint density at radius 2 is 2.17 bits per heavy atom. The minimum atomic E-state index is -0.499. The number of carbonyl (C=O) groups is 1. The minimum Gasteiger partial charge on any atom is -0.320 e. The van der Waals surface area contributed by atoms with Gasteiger partial charge in [-0.3, -0.25) is 14.9 Å². The summed E-state index contributed by atoms with van der Waals surface area (Å²) >= 11 is 5.51. The van der Waals surface area contributed by atoms with Crippen molar-refractivity contribution in [3.63, 3.8) is 0 Å². The smallest absolute Gasteiger partial charge is 0.293 e. The van der Waals surface area contributed by atoms with Gasteiger partial charge in [0, 0.05) is 18.4 Å². The summed E-state index contributed by atoms with van der Waals surface area (Å²) in [5.74, 6) is 0.282. The van der Waals surface area contributed by atoms with E-state index in [1.54, 1.807) is 19.1 Å². The Bertz CT molecular complexity index is 449. The number of nitrogens with zero attached hydrogens (tertiary/aromatic N) is 1. The Morgan fingerprint density at radius 3 is 2.78 bits per heavy atom. The predicted molar refractivity (Wildman–Crippen MR) is 71.0 cm³/mol. The van der Waals surface area contributed by atoms with Gasteiger partial charge in [-0.15, -0.1) is 11.6 Å². The summed E-state index contributed by atoms with van der Waals surface area (Å²) in [4.78, 5) is 21.9. The molecular formula is C12H15ClN2O3. The minimum absolute atomic E-state index is 0.0827. The van der Waals surface area contributed by atoms with Crippen LogP contribution in [0.5, 0.6) is 0 Å². The van der Waals surface area contributed by atoms with Crippen LogP contribution in [-0.2, 0) is 4.79 Å². The van der Waals surface area contributed by atoms with Crippen LogP contribution in [0.4, 0.5) is 11.4 Å². The fourth-order valence-corrected chi connectivity index (χ4v) is 1.68. The monoisotopic (exact) mass is 270 g/mol. The molecule has 5 nitrogen and oxygen atoms in total. The number of rotatable bonds is 6. The van der Waals surface area contributed by atoms with Gasteiger partial charge in [-0.05, 0) is 31.4 Å². The van der Waals surface area contributed by atoms with Crippen molar-refractivity contribution in [1.82, 2.24) is 0 Å². The molecule has 0 atom stereocenters. The Kier molecular flexibility index (Phi) is 5.58. The average molecular weight is 271 g/mol. The van der Waals surface area contributed by atoms with Crippen molar-refractivity contribution in [2.45, 2.75) is 26.2 Å². The summed E-state index contributed by atoms with van der Waals surface area (Å²) in [7, 11) is 0. The topological polar surface area (TPSA) is 72.2 Å². The fraction of sp³-hybridized carbons (Fsp3) is 0.417. The largest absolute Gasteiger partial charge is 0.320 e. The third kappa shape index (κ3) is 4.33. The Labute approximate surface area is 110 Å². The summed E-state index contributed by atoms with van der Waals surface area (Å²) in [6.07, 6.45) is 1.75. The number of carbonyl (C=O) groups excluding carboxylic acids is 1. The molecule has 0 saturated heterocycles. The van der Waals surface area contributed by atoms with E-state index < -0.39 is 4.92 Å². The number of benzene rings is 1. The number of hydrogen-bond donors (Lipinski definition) is 1. The zero-order chi connectivity index (χ0) is 13.5. The van der Waals surface area contributed by atoms with Crippen molar-refractivity contribution in [1.29, 1.82) is 0 Å². The zero-order valence-corrected chi connectivity index (χ0v) is 10.9.